The molecular weight excluding hydrogens is 426 g/mol. The Morgan fingerprint density at radius 2 is 1.90 bits per heavy atom. The molecule has 1 saturated heterocycles. The second-order valence-electron chi connectivity index (χ2n) is 6.82. The molecule has 4 rings (SSSR count). The Kier molecular flexibility index (Phi) is 5.04. The van der Waals surface area contributed by atoms with Gasteiger partial charge in [0.05, 0.1) is 16.5 Å². The zero-order valence-electron chi connectivity index (χ0n) is 16.0. The molecule has 1 fully saturated rings. The number of rotatable bonds is 4. The molecule has 1 unspecified atom stereocenters. The number of aliphatic hydroxyl groups is 1. The second-order valence-corrected chi connectivity index (χ2v) is 7.26. The number of non-ortho nitro benzene ring substituents is 1. The van der Waals surface area contributed by atoms with E-state index in [-0.39, 0.29) is 28.2 Å². The van der Waals surface area contributed by atoms with E-state index < -0.39 is 28.4 Å². The van der Waals surface area contributed by atoms with Gasteiger partial charge in [-0.3, -0.25) is 24.6 Å². The van der Waals surface area contributed by atoms with Crippen LogP contribution in [0.4, 0.5) is 11.5 Å². The minimum atomic E-state index is -1.15. The van der Waals surface area contributed by atoms with E-state index in [9.17, 15) is 24.8 Å². The first kappa shape index (κ1) is 20.3. The molecule has 0 saturated carbocycles. The van der Waals surface area contributed by atoms with Crippen molar-refractivity contribution in [1.82, 2.24) is 5.16 Å². The SMILES string of the molecule is Cc1cc(N2C(=O)C(=O)C(=C(O)c3ccc(Cl)cc3)C2c2cccc([N+](=O)[O-])c2)no1. The van der Waals surface area contributed by atoms with Crippen LogP contribution in [0.1, 0.15) is 22.9 Å². The number of hydrogen-bond donors (Lipinski definition) is 1. The van der Waals surface area contributed by atoms with Crippen LogP contribution in [0.2, 0.25) is 5.02 Å². The van der Waals surface area contributed by atoms with E-state index in [1.165, 1.54) is 54.6 Å². The van der Waals surface area contributed by atoms with Crippen molar-refractivity contribution in [3.05, 3.63) is 92.2 Å². The minimum Gasteiger partial charge on any atom is -0.507 e. The number of nitrogens with zero attached hydrogens (tertiary/aromatic N) is 3. The summed E-state index contributed by atoms with van der Waals surface area (Å²) in [5.74, 6) is -1.89. The van der Waals surface area contributed by atoms with Gasteiger partial charge in [0.1, 0.15) is 11.5 Å². The Bertz CT molecular complexity index is 1250. The van der Waals surface area contributed by atoms with Gasteiger partial charge >= 0.3 is 5.91 Å². The van der Waals surface area contributed by atoms with E-state index >= 15 is 0 Å². The molecule has 1 aromatic heterocycles. The van der Waals surface area contributed by atoms with E-state index in [1.807, 2.05) is 0 Å². The van der Waals surface area contributed by atoms with Crippen LogP contribution < -0.4 is 4.90 Å². The molecular formula is C21H14ClN3O6. The summed E-state index contributed by atoms with van der Waals surface area (Å²) in [4.78, 5) is 37.6. The number of Topliss-reactive ketones (excluding diaryl/α,β-unsaturated/α-hetero) is 1. The summed E-state index contributed by atoms with van der Waals surface area (Å²) in [5, 5.41) is 26.5. The number of anilines is 1. The summed E-state index contributed by atoms with van der Waals surface area (Å²) in [6, 6.07) is 11.8. The number of halogens is 1. The maximum atomic E-state index is 13.0. The Labute approximate surface area is 180 Å². The van der Waals surface area contributed by atoms with Gasteiger partial charge < -0.3 is 9.63 Å². The van der Waals surface area contributed by atoms with E-state index in [2.05, 4.69) is 5.16 Å². The zero-order valence-corrected chi connectivity index (χ0v) is 16.7. The lowest BCUT2D eigenvalue weighted by atomic mass is 9.95. The van der Waals surface area contributed by atoms with Crippen molar-refractivity contribution >= 4 is 40.6 Å². The van der Waals surface area contributed by atoms with Gasteiger partial charge in [0.15, 0.2) is 5.82 Å². The molecule has 10 heteroatoms. The summed E-state index contributed by atoms with van der Waals surface area (Å²) >= 11 is 5.90. The third-order valence-electron chi connectivity index (χ3n) is 4.82. The average molecular weight is 440 g/mol. The molecule has 1 N–H and O–H groups in total. The molecule has 0 bridgehead atoms. The predicted octanol–water partition coefficient (Wildman–Crippen LogP) is 4.17. The van der Waals surface area contributed by atoms with Crippen LogP contribution in [0.3, 0.4) is 0 Å². The normalized spacial score (nSPS) is 17.9. The molecule has 2 heterocycles. The maximum absolute atomic E-state index is 13.0. The molecule has 9 nitrogen and oxygen atoms in total. The largest absolute Gasteiger partial charge is 0.507 e. The van der Waals surface area contributed by atoms with Gasteiger partial charge in [-0.2, -0.15) is 0 Å². The number of nitro benzene ring substituents is 1. The standard InChI is InChI=1S/C21H14ClN3O6/c1-11-9-16(23-31-11)24-18(13-3-2-4-15(10-13)25(29)30)17(20(27)21(24)28)19(26)12-5-7-14(22)8-6-12/h2-10,18,26H,1H3. The first-order valence-electron chi connectivity index (χ1n) is 9.02. The van der Waals surface area contributed by atoms with E-state index in [4.69, 9.17) is 16.1 Å². The van der Waals surface area contributed by atoms with Crippen molar-refractivity contribution in [2.75, 3.05) is 4.90 Å². The predicted molar refractivity (Wildman–Crippen MR) is 111 cm³/mol. The number of carbonyl (C=O) groups excluding carboxylic acids is 2. The van der Waals surface area contributed by atoms with Gasteiger partial charge in [0.25, 0.3) is 11.5 Å². The molecule has 0 radical (unpaired) electrons. The molecule has 1 aliphatic heterocycles. The van der Waals surface area contributed by atoms with Crippen LogP contribution in [-0.4, -0.2) is 26.9 Å². The molecule has 1 amide bonds. The fourth-order valence-corrected chi connectivity index (χ4v) is 3.55. The smallest absolute Gasteiger partial charge is 0.301 e. The average Bonchev–Trinajstić information content (AvgIpc) is 3.29. The lowest BCUT2D eigenvalue weighted by Crippen LogP contribution is -2.29. The van der Waals surface area contributed by atoms with E-state index in [0.29, 0.717) is 10.8 Å². The quantitative estimate of drug-likeness (QED) is 0.212. The van der Waals surface area contributed by atoms with Gasteiger partial charge in [0, 0.05) is 28.8 Å². The third kappa shape index (κ3) is 3.55. The topological polar surface area (TPSA) is 127 Å². The number of aliphatic hydroxyl groups excluding tert-OH is 1. The summed E-state index contributed by atoms with van der Waals surface area (Å²) < 4.78 is 5.04. The number of amides is 1. The highest BCUT2D eigenvalue weighted by Gasteiger charge is 2.48. The van der Waals surface area contributed by atoms with Gasteiger partial charge in [-0.1, -0.05) is 28.9 Å². The molecule has 1 aliphatic rings. The van der Waals surface area contributed by atoms with Crippen LogP contribution in [0.15, 0.2) is 64.7 Å². The monoisotopic (exact) mass is 439 g/mol. The van der Waals surface area contributed by atoms with Crippen molar-refractivity contribution in [1.29, 1.82) is 0 Å². The van der Waals surface area contributed by atoms with Crippen molar-refractivity contribution in [2.24, 2.45) is 0 Å². The molecule has 0 spiro atoms. The number of nitro groups is 1. The summed E-state index contributed by atoms with van der Waals surface area (Å²) in [5.41, 5.74) is 0.0538. The minimum absolute atomic E-state index is 0.0475. The van der Waals surface area contributed by atoms with Crippen molar-refractivity contribution in [2.45, 2.75) is 13.0 Å². The van der Waals surface area contributed by atoms with E-state index in [1.54, 1.807) is 6.92 Å². The number of aromatic nitrogens is 1. The number of carbonyl (C=O) groups is 2. The van der Waals surface area contributed by atoms with Gasteiger partial charge in [-0.05, 0) is 36.8 Å². The Balaban J connectivity index is 1.96. The molecule has 0 aliphatic carbocycles. The highest BCUT2D eigenvalue weighted by atomic mass is 35.5. The van der Waals surface area contributed by atoms with Crippen LogP contribution in [0.5, 0.6) is 0 Å². The van der Waals surface area contributed by atoms with Gasteiger partial charge in [0.2, 0.25) is 0 Å². The summed E-state index contributed by atoms with van der Waals surface area (Å²) in [6.07, 6.45) is 0. The van der Waals surface area contributed by atoms with E-state index in [0.717, 1.165) is 4.90 Å². The summed E-state index contributed by atoms with van der Waals surface area (Å²) in [7, 11) is 0. The number of benzene rings is 2. The van der Waals surface area contributed by atoms with Crippen LogP contribution in [0.25, 0.3) is 5.76 Å². The lowest BCUT2D eigenvalue weighted by molar-refractivity contribution is -0.384. The zero-order chi connectivity index (χ0) is 22.3. The molecule has 3 aromatic rings. The summed E-state index contributed by atoms with van der Waals surface area (Å²) in [6.45, 7) is 1.61. The Morgan fingerprint density at radius 1 is 1.19 bits per heavy atom. The fourth-order valence-electron chi connectivity index (χ4n) is 3.42. The highest BCUT2D eigenvalue weighted by Crippen LogP contribution is 2.42. The van der Waals surface area contributed by atoms with Crippen molar-refractivity contribution in [3.63, 3.8) is 0 Å². The fraction of sp³-hybridized carbons (Fsp3) is 0.0952. The Hall–Kier alpha value is -3.98. The van der Waals surface area contributed by atoms with Crippen LogP contribution >= 0.6 is 11.6 Å². The first-order chi connectivity index (χ1) is 14.8. The first-order valence-corrected chi connectivity index (χ1v) is 9.40. The number of ketones is 1. The molecule has 31 heavy (non-hydrogen) atoms. The highest BCUT2D eigenvalue weighted by molar-refractivity contribution is 6.51. The second kappa shape index (κ2) is 7.69. The number of hydrogen-bond acceptors (Lipinski definition) is 7. The molecule has 156 valence electrons. The molecule has 1 atom stereocenters. The van der Waals surface area contributed by atoms with Crippen LogP contribution in [0, 0.1) is 17.0 Å². The maximum Gasteiger partial charge on any atom is 0.301 e. The third-order valence-corrected chi connectivity index (χ3v) is 5.07. The molecule has 2 aromatic carbocycles. The lowest BCUT2D eigenvalue weighted by Gasteiger charge is -2.22. The van der Waals surface area contributed by atoms with Gasteiger partial charge in [-0.25, -0.2) is 0 Å². The van der Waals surface area contributed by atoms with Gasteiger partial charge in [-0.15, -0.1) is 0 Å². The van der Waals surface area contributed by atoms with Crippen LogP contribution in [-0.2, 0) is 9.59 Å². The number of aryl methyl sites for hydroxylation is 1. The Morgan fingerprint density at radius 3 is 2.52 bits per heavy atom. The van der Waals surface area contributed by atoms with Crippen molar-refractivity contribution in [3.8, 4) is 0 Å². The van der Waals surface area contributed by atoms with Crippen molar-refractivity contribution < 1.29 is 24.1 Å².